The van der Waals surface area contributed by atoms with E-state index >= 15 is 0 Å². The third-order valence-corrected chi connectivity index (χ3v) is 5.62. The number of amides is 5. The number of hydrogen-bond acceptors (Lipinski definition) is 4. The number of nitriles is 1. The van der Waals surface area contributed by atoms with Crippen molar-refractivity contribution in [1.29, 1.82) is 5.26 Å². The highest BCUT2D eigenvalue weighted by atomic mass is 19.4. The first-order valence-corrected chi connectivity index (χ1v) is 9.39. The summed E-state index contributed by atoms with van der Waals surface area (Å²) in [5, 5.41) is 11.7. The molecule has 3 saturated heterocycles. The molecule has 4 rings (SSSR count). The molecule has 1 N–H and O–H groups in total. The third-order valence-electron chi connectivity index (χ3n) is 5.62. The van der Waals surface area contributed by atoms with Crippen molar-refractivity contribution in [3.8, 4) is 6.07 Å². The number of fused-ring (bicyclic) bond motifs is 5. The summed E-state index contributed by atoms with van der Waals surface area (Å²) in [5.74, 6) is -0.674. The second-order valence-electron chi connectivity index (χ2n) is 7.86. The fraction of sp³-hybridized carbons (Fsp3) is 0.474. The Bertz CT molecular complexity index is 987. The predicted octanol–water partition coefficient (Wildman–Crippen LogP) is 2.29. The van der Waals surface area contributed by atoms with Gasteiger partial charge in [-0.15, -0.1) is 0 Å². The highest BCUT2D eigenvalue weighted by Gasteiger charge is 2.63. The van der Waals surface area contributed by atoms with Gasteiger partial charge in [0.05, 0.1) is 35.0 Å². The molecule has 8 nitrogen and oxygen atoms in total. The fourth-order valence-electron chi connectivity index (χ4n) is 4.46. The van der Waals surface area contributed by atoms with Crippen molar-refractivity contribution in [3.05, 3.63) is 29.3 Å². The summed E-state index contributed by atoms with van der Waals surface area (Å²) in [6.07, 6.45) is -4.36. The van der Waals surface area contributed by atoms with Gasteiger partial charge in [0.15, 0.2) is 0 Å². The Hall–Kier alpha value is -3.29. The minimum atomic E-state index is -4.81. The monoisotopic (exact) mass is 421 g/mol. The third kappa shape index (κ3) is 2.86. The number of piperazine rings is 1. The summed E-state index contributed by atoms with van der Waals surface area (Å²) >= 11 is 0. The lowest BCUT2D eigenvalue weighted by Crippen LogP contribution is -2.57. The largest absolute Gasteiger partial charge is 0.417 e. The van der Waals surface area contributed by atoms with Crippen LogP contribution in [0.25, 0.3) is 0 Å². The molecule has 1 aromatic carbocycles. The van der Waals surface area contributed by atoms with Crippen LogP contribution in [0.5, 0.6) is 0 Å². The van der Waals surface area contributed by atoms with E-state index in [2.05, 4.69) is 5.32 Å². The molecule has 2 bridgehead atoms. The number of alkyl halides is 3. The highest BCUT2D eigenvalue weighted by molar-refractivity contribution is 6.22. The summed E-state index contributed by atoms with van der Waals surface area (Å²) in [6, 6.07) is 1.21. The topological polar surface area (TPSA) is 96.7 Å². The van der Waals surface area contributed by atoms with Gasteiger partial charge in [-0.1, -0.05) is 0 Å². The molecule has 5 amide bonds. The maximum atomic E-state index is 13.3. The molecule has 3 aliphatic rings. The molecule has 0 saturated carbocycles. The van der Waals surface area contributed by atoms with Crippen LogP contribution in [0.2, 0.25) is 0 Å². The zero-order valence-corrected chi connectivity index (χ0v) is 16.1. The van der Waals surface area contributed by atoms with Gasteiger partial charge >= 0.3 is 18.2 Å². The summed E-state index contributed by atoms with van der Waals surface area (Å²) in [6.45, 7) is 3.86. The molecule has 3 atom stereocenters. The van der Waals surface area contributed by atoms with Crippen LogP contribution >= 0.6 is 0 Å². The van der Waals surface area contributed by atoms with Gasteiger partial charge in [-0.2, -0.15) is 18.4 Å². The van der Waals surface area contributed by atoms with E-state index < -0.39 is 41.3 Å². The van der Waals surface area contributed by atoms with Gasteiger partial charge in [-0.3, -0.25) is 4.79 Å². The van der Waals surface area contributed by atoms with E-state index in [9.17, 15) is 27.6 Å². The molecule has 1 aromatic rings. The number of rotatable bonds is 2. The first-order valence-electron chi connectivity index (χ1n) is 9.39. The molecule has 0 unspecified atom stereocenters. The number of halogens is 3. The lowest BCUT2D eigenvalue weighted by atomic mass is 10.1. The SMILES string of the molecule is CC(C)NC(=O)N1C[C@@H]2C[C@H]1[C@@H]1C(=O)N(c3ccc(C#N)c(C(F)(F)F)c3)C(=O)N21. The van der Waals surface area contributed by atoms with Crippen LogP contribution in [-0.4, -0.2) is 58.5 Å². The number of carbonyl (C=O) groups is 3. The average Bonchev–Trinajstić information content (AvgIpc) is 3.31. The summed E-state index contributed by atoms with van der Waals surface area (Å²) in [7, 11) is 0. The van der Waals surface area contributed by atoms with Crippen LogP contribution in [0.4, 0.5) is 28.4 Å². The Morgan fingerprint density at radius 3 is 2.60 bits per heavy atom. The van der Waals surface area contributed by atoms with Gasteiger partial charge in [0.2, 0.25) is 0 Å². The number of imide groups is 1. The average molecular weight is 421 g/mol. The first kappa shape index (κ1) is 20.0. The summed E-state index contributed by atoms with van der Waals surface area (Å²) in [5.41, 5.74) is -2.05. The second-order valence-corrected chi connectivity index (χ2v) is 7.86. The standard InChI is InChI=1S/C19H18F3N5O3/c1-9(2)24-17(29)25-8-12-6-14(25)15-16(28)27(18(30)26(12)15)11-4-3-10(7-23)13(5-11)19(20,21)22/h3-5,9,12,14-15H,6,8H2,1-2H3,(H,24,29)/t12-,14-,15+/m0/s1. The lowest BCUT2D eigenvalue weighted by Gasteiger charge is -2.35. The van der Waals surface area contributed by atoms with E-state index in [1.165, 1.54) is 15.9 Å². The van der Waals surface area contributed by atoms with Gasteiger partial charge in [-0.05, 0) is 38.5 Å². The number of benzene rings is 1. The van der Waals surface area contributed by atoms with Gasteiger partial charge in [0.25, 0.3) is 5.91 Å². The number of anilines is 1. The van der Waals surface area contributed by atoms with E-state index in [1.54, 1.807) is 13.8 Å². The molecule has 0 spiro atoms. The second kappa shape index (κ2) is 6.62. The Kier molecular flexibility index (Phi) is 4.41. The number of urea groups is 2. The maximum absolute atomic E-state index is 13.3. The number of nitrogens with one attached hydrogen (secondary N) is 1. The van der Waals surface area contributed by atoms with Crippen molar-refractivity contribution < 1.29 is 27.6 Å². The van der Waals surface area contributed by atoms with E-state index in [1.807, 2.05) is 0 Å². The molecule has 3 aliphatic heterocycles. The molecule has 3 fully saturated rings. The van der Waals surface area contributed by atoms with E-state index in [0.717, 1.165) is 12.1 Å². The van der Waals surface area contributed by atoms with Crippen molar-refractivity contribution in [2.24, 2.45) is 0 Å². The van der Waals surface area contributed by atoms with Gasteiger partial charge < -0.3 is 15.1 Å². The van der Waals surface area contributed by atoms with Crippen molar-refractivity contribution in [1.82, 2.24) is 15.1 Å². The van der Waals surface area contributed by atoms with Crippen molar-refractivity contribution in [2.45, 2.75) is 50.6 Å². The molecule has 0 aromatic heterocycles. The number of hydrogen-bond donors (Lipinski definition) is 1. The lowest BCUT2D eigenvalue weighted by molar-refractivity contribution is -0.137. The summed E-state index contributed by atoms with van der Waals surface area (Å²) < 4.78 is 39.9. The molecule has 0 radical (unpaired) electrons. The van der Waals surface area contributed by atoms with Crippen molar-refractivity contribution in [3.63, 3.8) is 0 Å². The Balaban J connectivity index is 1.66. The van der Waals surface area contributed by atoms with E-state index in [0.29, 0.717) is 17.4 Å². The van der Waals surface area contributed by atoms with Gasteiger partial charge in [0, 0.05) is 12.6 Å². The van der Waals surface area contributed by atoms with Crippen molar-refractivity contribution in [2.75, 3.05) is 11.4 Å². The predicted molar refractivity (Wildman–Crippen MR) is 97.2 cm³/mol. The molecular weight excluding hydrogens is 403 g/mol. The Labute approximate surface area is 169 Å². The highest BCUT2D eigenvalue weighted by Crippen LogP contribution is 2.43. The zero-order chi connectivity index (χ0) is 22.0. The smallest absolute Gasteiger partial charge is 0.336 e. The fourth-order valence-corrected chi connectivity index (χ4v) is 4.46. The minimum absolute atomic E-state index is 0.107. The molecule has 3 heterocycles. The first-order chi connectivity index (χ1) is 14.0. The van der Waals surface area contributed by atoms with Crippen LogP contribution in [0.15, 0.2) is 18.2 Å². The summed E-state index contributed by atoms with van der Waals surface area (Å²) in [4.78, 5) is 42.0. The quantitative estimate of drug-likeness (QED) is 0.741. The van der Waals surface area contributed by atoms with Gasteiger partial charge in [-0.25, -0.2) is 14.5 Å². The number of likely N-dealkylation sites (tertiary alicyclic amines) is 1. The molecule has 158 valence electrons. The number of nitrogens with zero attached hydrogens (tertiary/aromatic N) is 4. The van der Waals surface area contributed by atoms with E-state index in [4.69, 9.17) is 5.26 Å². The van der Waals surface area contributed by atoms with Crippen LogP contribution in [0, 0.1) is 11.3 Å². The molecular formula is C19H18F3N5O3. The van der Waals surface area contributed by atoms with Crippen LogP contribution in [0.1, 0.15) is 31.4 Å². The minimum Gasteiger partial charge on any atom is -0.336 e. The maximum Gasteiger partial charge on any atom is 0.417 e. The Morgan fingerprint density at radius 2 is 2.00 bits per heavy atom. The van der Waals surface area contributed by atoms with Crippen LogP contribution in [0.3, 0.4) is 0 Å². The normalized spacial score (nSPS) is 25.2. The van der Waals surface area contributed by atoms with Crippen LogP contribution in [-0.2, 0) is 11.0 Å². The molecule has 0 aliphatic carbocycles. The van der Waals surface area contributed by atoms with E-state index in [-0.39, 0.29) is 30.3 Å². The Morgan fingerprint density at radius 1 is 1.30 bits per heavy atom. The van der Waals surface area contributed by atoms with Gasteiger partial charge in [0.1, 0.15) is 6.04 Å². The molecule has 11 heteroatoms. The molecule has 30 heavy (non-hydrogen) atoms. The zero-order valence-electron chi connectivity index (χ0n) is 16.1. The van der Waals surface area contributed by atoms with Crippen molar-refractivity contribution >= 4 is 23.7 Å². The van der Waals surface area contributed by atoms with Crippen LogP contribution < -0.4 is 10.2 Å². The number of carbonyl (C=O) groups excluding carboxylic acids is 3.